The van der Waals surface area contributed by atoms with Crippen LogP contribution in [0.25, 0.3) is 0 Å². The van der Waals surface area contributed by atoms with Crippen LogP contribution in [0.4, 0.5) is 11.4 Å². The molecular weight excluding hydrogens is 279 g/mol. The van der Waals surface area contributed by atoms with Gasteiger partial charge in [-0.05, 0) is 49.2 Å². The predicted octanol–water partition coefficient (Wildman–Crippen LogP) is 4.80. The topological polar surface area (TPSA) is 38.0 Å². The molecule has 0 aromatic heterocycles. The van der Waals surface area contributed by atoms with E-state index in [0.717, 1.165) is 16.9 Å². The summed E-state index contributed by atoms with van der Waals surface area (Å²) in [5.74, 6) is 0. The van der Waals surface area contributed by atoms with Gasteiger partial charge in [0.1, 0.15) is 0 Å². The van der Waals surface area contributed by atoms with Crippen LogP contribution < -0.4 is 11.1 Å². The molecule has 0 saturated carbocycles. The molecule has 0 amide bonds. The van der Waals surface area contributed by atoms with Crippen LogP contribution in [0.2, 0.25) is 10.0 Å². The first-order valence-corrected chi connectivity index (χ1v) is 6.78. The molecule has 2 rings (SSSR count). The van der Waals surface area contributed by atoms with Crippen molar-refractivity contribution in [2.45, 2.75) is 20.4 Å². The van der Waals surface area contributed by atoms with E-state index in [-0.39, 0.29) is 0 Å². The summed E-state index contributed by atoms with van der Waals surface area (Å²) in [5.41, 5.74) is 10.9. The van der Waals surface area contributed by atoms with Crippen molar-refractivity contribution in [1.29, 1.82) is 0 Å². The van der Waals surface area contributed by atoms with Crippen molar-refractivity contribution < 1.29 is 0 Å². The predicted molar refractivity (Wildman–Crippen MR) is 84.1 cm³/mol. The number of halogens is 2. The van der Waals surface area contributed by atoms with Crippen molar-refractivity contribution in [3.63, 3.8) is 0 Å². The number of benzene rings is 2. The van der Waals surface area contributed by atoms with Gasteiger partial charge in [-0.15, -0.1) is 0 Å². The molecule has 0 fully saturated rings. The summed E-state index contributed by atoms with van der Waals surface area (Å²) in [7, 11) is 0. The molecule has 0 spiro atoms. The van der Waals surface area contributed by atoms with Crippen molar-refractivity contribution >= 4 is 34.6 Å². The lowest BCUT2D eigenvalue weighted by molar-refractivity contribution is 1.15. The van der Waals surface area contributed by atoms with E-state index in [4.69, 9.17) is 28.9 Å². The minimum Gasteiger partial charge on any atom is -0.397 e. The van der Waals surface area contributed by atoms with Gasteiger partial charge in [-0.3, -0.25) is 0 Å². The third-order valence-electron chi connectivity index (χ3n) is 3.18. The highest BCUT2D eigenvalue weighted by molar-refractivity contribution is 6.36. The second-order valence-corrected chi connectivity index (χ2v) is 5.39. The van der Waals surface area contributed by atoms with Gasteiger partial charge >= 0.3 is 0 Å². The molecule has 0 bridgehead atoms. The highest BCUT2D eigenvalue weighted by Gasteiger charge is 2.07. The van der Waals surface area contributed by atoms with Crippen LogP contribution in [0.1, 0.15) is 16.7 Å². The van der Waals surface area contributed by atoms with Gasteiger partial charge in [0.15, 0.2) is 0 Å². The van der Waals surface area contributed by atoms with Crippen LogP contribution in [0, 0.1) is 13.8 Å². The van der Waals surface area contributed by atoms with Gasteiger partial charge in [0.25, 0.3) is 0 Å². The first kappa shape index (κ1) is 14.0. The van der Waals surface area contributed by atoms with Crippen LogP contribution in [0.5, 0.6) is 0 Å². The van der Waals surface area contributed by atoms with Gasteiger partial charge in [-0.1, -0.05) is 29.3 Å². The van der Waals surface area contributed by atoms with E-state index in [9.17, 15) is 0 Å². The summed E-state index contributed by atoms with van der Waals surface area (Å²) >= 11 is 12.3. The lowest BCUT2D eigenvalue weighted by atomic mass is 10.1. The molecule has 2 aromatic carbocycles. The van der Waals surface area contributed by atoms with Crippen LogP contribution in [-0.4, -0.2) is 0 Å². The monoisotopic (exact) mass is 294 g/mol. The van der Waals surface area contributed by atoms with Crippen molar-refractivity contribution in [1.82, 2.24) is 0 Å². The first-order chi connectivity index (χ1) is 8.99. The molecule has 0 atom stereocenters. The second kappa shape index (κ2) is 5.72. The maximum atomic E-state index is 6.14. The Hall–Kier alpha value is -1.38. The number of nitrogen functional groups attached to an aromatic ring is 1. The molecular formula is C15H16Cl2N2. The Balaban J connectivity index is 2.22. The molecule has 0 aliphatic carbocycles. The van der Waals surface area contributed by atoms with Crippen LogP contribution in [0.15, 0.2) is 30.3 Å². The highest BCUT2D eigenvalue weighted by Crippen LogP contribution is 2.27. The van der Waals surface area contributed by atoms with Crippen molar-refractivity contribution in [2.75, 3.05) is 11.1 Å². The summed E-state index contributed by atoms with van der Waals surface area (Å²) in [6.07, 6.45) is 0. The quantitative estimate of drug-likeness (QED) is 0.798. The van der Waals surface area contributed by atoms with E-state index in [1.54, 1.807) is 0 Å². The fourth-order valence-corrected chi connectivity index (χ4v) is 2.41. The van der Waals surface area contributed by atoms with Crippen LogP contribution in [0.3, 0.4) is 0 Å². The van der Waals surface area contributed by atoms with Crippen molar-refractivity contribution in [2.24, 2.45) is 0 Å². The Morgan fingerprint density at radius 1 is 1.05 bits per heavy atom. The Morgan fingerprint density at radius 3 is 2.26 bits per heavy atom. The zero-order chi connectivity index (χ0) is 14.0. The minimum atomic E-state index is 0.547. The van der Waals surface area contributed by atoms with Gasteiger partial charge in [0, 0.05) is 22.2 Å². The lowest BCUT2D eigenvalue weighted by Crippen LogP contribution is -2.04. The minimum absolute atomic E-state index is 0.547. The van der Waals surface area contributed by atoms with Gasteiger partial charge in [0.2, 0.25) is 0 Å². The first-order valence-electron chi connectivity index (χ1n) is 6.02. The van der Waals surface area contributed by atoms with Crippen molar-refractivity contribution in [3.8, 4) is 0 Å². The Labute approximate surface area is 123 Å². The number of aryl methyl sites for hydroxylation is 2. The molecule has 2 nitrogen and oxygen atoms in total. The summed E-state index contributed by atoms with van der Waals surface area (Å²) in [4.78, 5) is 0. The molecule has 100 valence electrons. The molecule has 0 aliphatic rings. The fraction of sp³-hybridized carbons (Fsp3) is 0.200. The summed E-state index contributed by atoms with van der Waals surface area (Å²) in [6, 6.07) is 9.49. The second-order valence-electron chi connectivity index (χ2n) is 4.58. The van der Waals surface area contributed by atoms with Gasteiger partial charge in [0.05, 0.1) is 11.4 Å². The Bertz CT molecular complexity index is 589. The van der Waals surface area contributed by atoms with Gasteiger partial charge in [-0.2, -0.15) is 0 Å². The smallest absolute Gasteiger partial charge is 0.0579 e. The normalized spacial score (nSPS) is 10.5. The molecule has 3 N–H and O–H groups in total. The molecule has 0 radical (unpaired) electrons. The number of rotatable bonds is 3. The number of nitrogens with one attached hydrogen (secondary N) is 1. The molecule has 2 aromatic rings. The average molecular weight is 295 g/mol. The Kier molecular flexibility index (Phi) is 4.23. The number of anilines is 2. The standard InChI is InChI=1S/C15H16Cl2N2/c1-9-6-14(18)15(7-10(9)2)19-8-11-12(16)4-3-5-13(11)17/h3-7,19H,8,18H2,1-2H3. The zero-order valence-electron chi connectivity index (χ0n) is 10.9. The third-order valence-corrected chi connectivity index (χ3v) is 3.89. The van der Waals surface area contributed by atoms with Crippen molar-refractivity contribution in [3.05, 3.63) is 57.1 Å². The molecule has 0 saturated heterocycles. The summed E-state index contributed by atoms with van der Waals surface area (Å²) in [6.45, 7) is 4.65. The third kappa shape index (κ3) is 3.14. The van der Waals surface area contributed by atoms with Crippen LogP contribution in [-0.2, 0) is 6.54 Å². The zero-order valence-corrected chi connectivity index (χ0v) is 12.4. The van der Waals surface area contributed by atoms with E-state index >= 15 is 0 Å². The molecule has 0 aliphatic heterocycles. The number of nitrogens with two attached hydrogens (primary N) is 1. The number of hydrogen-bond acceptors (Lipinski definition) is 2. The van der Waals surface area contributed by atoms with Crippen LogP contribution >= 0.6 is 23.2 Å². The Morgan fingerprint density at radius 2 is 1.63 bits per heavy atom. The summed E-state index contributed by atoms with van der Waals surface area (Å²) in [5, 5.41) is 4.60. The molecule has 4 heteroatoms. The maximum absolute atomic E-state index is 6.14. The SMILES string of the molecule is Cc1cc(N)c(NCc2c(Cl)cccc2Cl)cc1C. The molecule has 0 heterocycles. The lowest BCUT2D eigenvalue weighted by Gasteiger charge is -2.13. The van der Waals surface area contributed by atoms with Gasteiger partial charge in [-0.25, -0.2) is 0 Å². The largest absolute Gasteiger partial charge is 0.397 e. The van der Waals surface area contributed by atoms with E-state index in [2.05, 4.69) is 12.2 Å². The van der Waals surface area contributed by atoms with E-state index < -0.39 is 0 Å². The summed E-state index contributed by atoms with van der Waals surface area (Å²) < 4.78 is 0. The molecule has 19 heavy (non-hydrogen) atoms. The maximum Gasteiger partial charge on any atom is 0.0579 e. The van der Waals surface area contributed by atoms with E-state index in [1.165, 1.54) is 11.1 Å². The number of hydrogen-bond donors (Lipinski definition) is 2. The fourth-order valence-electron chi connectivity index (χ4n) is 1.88. The highest BCUT2D eigenvalue weighted by atomic mass is 35.5. The molecule has 0 unspecified atom stereocenters. The van der Waals surface area contributed by atoms with E-state index in [1.807, 2.05) is 37.3 Å². The van der Waals surface area contributed by atoms with E-state index in [0.29, 0.717) is 16.6 Å². The average Bonchev–Trinajstić information content (AvgIpc) is 2.34. The van der Waals surface area contributed by atoms with Gasteiger partial charge < -0.3 is 11.1 Å².